The molecule has 2 aromatic heterocycles. The van der Waals surface area contributed by atoms with Gasteiger partial charge in [0.2, 0.25) is 0 Å². The molecule has 0 aromatic carbocycles. The lowest BCUT2D eigenvalue weighted by atomic mass is 10.1. The average molecular weight is 235 g/mol. The van der Waals surface area contributed by atoms with Crippen molar-refractivity contribution in [3.8, 4) is 0 Å². The first-order valence-electron chi connectivity index (χ1n) is 5.53. The minimum absolute atomic E-state index is 0.104. The average Bonchev–Trinajstić information content (AvgIpc) is 2.88. The zero-order valence-corrected chi connectivity index (χ0v) is 10.3. The van der Waals surface area contributed by atoms with Crippen molar-refractivity contribution in [2.45, 2.75) is 25.3 Å². The van der Waals surface area contributed by atoms with E-state index in [-0.39, 0.29) is 6.04 Å². The van der Waals surface area contributed by atoms with Gasteiger partial charge >= 0.3 is 0 Å². The first-order valence-corrected chi connectivity index (χ1v) is 6.41. The summed E-state index contributed by atoms with van der Waals surface area (Å²) < 4.78 is 1.86. The molecule has 0 radical (unpaired) electrons. The number of hydrogen-bond donors (Lipinski definition) is 1. The van der Waals surface area contributed by atoms with E-state index in [4.69, 9.17) is 5.73 Å². The van der Waals surface area contributed by atoms with E-state index >= 15 is 0 Å². The maximum absolute atomic E-state index is 6.12. The summed E-state index contributed by atoms with van der Waals surface area (Å²) in [6.07, 6.45) is 5.07. The quantitative estimate of drug-likeness (QED) is 0.865. The predicted octanol–water partition coefficient (Wildman–Crippen LogP) is 2.50. The Morgan fingerprint density at radius 1 is 1.50 bits per heavy atom. The molecule has 1 atom stereocenters. The summed E-state index contributed by atoms with van der Waals surface area (Å²) in [6.45, 7) is 0. The van der Waals surface area contributed by atoms with Crippen molar-refractivity contribution in [3.05, 3.63) is 40.3 Å². The Kier molecular flexibility index (Phi) is 3.74. The van der Waals surface area contributed by atoms with Gasteiger partial charge in [-0.25, -0.2) is 0 Å². The largest absolute Gasteiger partial charge is 0.323 e. The van der Waals surface area contributed by atoms with Gasteiger partial charge in [-0.15, -0.1) is 11.3 Å². The van der Waals surface area contributed by atoms with Gasteiger partial charge in [-0.2, -0.15) is 5.10 Å². The maximum Gasteiger partial charge on any atom is 0.0548 e. The molecule has 4 heteroatoms. The number of thiophene rings is 1. The Bertz CT molecular complexity index is 419. The number of hydrogen-bond acceptors (Lipinski definition) is 3. The van der Waals surface area contributed by atoms with Crippen LogP contribution in [-0.4, -0.2) is 9.78 Å². The fourth-order valence-corrected chi connectivity index (χ4v) is 2.60. The first kappa shape index (κ1) is 11.4. The first-order chi connectivity index (χ1) is 7.77. The van der Waals surface area contributed by atoms with Gasteiger partial charge in [0.25, 0.3) is 0 Å². The molecule has 0 spiro atoms. The number of aromatic nitrogens is 2. The number of rotatable bonds is 5. The Labute approximate surface area is 99.9 Å². The van der Waals surface area contributed by atoms with Crippen molar-refractivity contribution >= 4 is 11.3 Å². The minimum atomic E-state index is 0.104. The molecule has 0 aliphatic rings. The molecule has 0 amide bonds. The van der Waals surface area contributed by atoms with Gasteiger partial charge in [0.1, 0.15) is 0 Å². The summed E-state index contributed by atoms with van der Waals surface area (Å²) in [5.74, 6) is 0. The van der Waals surface area contributed by atoms with E-state index in [0.29, 0.717) is 0 Å². The highest BCUT2D eigenvalue weighted by molar-refractivity contribution is 7.09. The van der Waals surface area contributed by atoms with Crippen molar-refractivity contribution in [2.75, 3.05) is 0 Å². The Balaban J connectivity index is 1.80. The molecule has 0 fully saturated rings. The summed E-state index contributed by atoms with van der Waals surface area (Å²) in [5, 5.41) is 6.26. The Morgan fingerprint density at radius 3 is 3.00 bits per heavy atom. The standard InChI is InChI=1S/C12H17N3S/c1-15-12(7-8-14-15)11(13)6-2-4-10-5-3-9-16-10/h3,5,7-9,11H,2,4,6,13H2,1H3. The van der Waals surface area contributed by atoms with Gasteiger partial charge in [0.15, 0.2) is 0 Å². The van der Waals surface area contributed by atoms with Crippen molar-refractivity contribution in [1.29, 1.82) is 0 Å². The van der Waals surface area contributed by atoms with E-state index in [1.165, 1.54) is 4.88 Å². The van der Waals surface area contributed by atoms with E-state index in [9.17, 15) is 0 Å². The van der Waals surface area contributed by atoms with E-state index in [1.807, 2.05) is 29.1 Å². The van der Waals surface area contributed by atoms with Crippen LogP contribution in [0.1, 0.15) is 29.5 Å². The fourth-order valence-electron chi connectivity index (χ4n) is 1.85. The van der Waals surface area contributed by atoms with Gasteiger partial charge in [0.05, 0.1) is 5.69 Å². The highest BCUT2D eigenvalue weighted by Crippen LogP contribution is 2.18. The van der Waals surface area contributed by atoms with E-state index < -0.39 is 0 Å². The van der Waals surface area contributed by atoms with E-state index in [0.717, 1.165) is 25.0 Å². The van der Waals surface area contributed by atoms with Crippen LogP contribution in [0.2, 0.25) is 0 Å². The summed E-state index contributed by atoms with van der Waals surface area (Å²) in [4.78, 5) is 1.44. The lowest BCUT2D eigenvalue weighted by Gasteiger charge is -2.11. The van der Waals surface area contributed by atoms with Crippen LogP contribution in [0, 0.1) is 0 Å². The van der Waals surface area contributed by atoms with Crippen LogP contribution in [0.25, 0.3) is 0 Å². The van der Waals surface area contributed by atoms with Crippen molar-refractivity contribution in [2.24, 2.45) is 12.8 Å². The third kappa shape index (κ3) is 2.71. The van der Waals surface area contributed by atoms with Crippen molar-refractivity contribution < 1.29 is 0 Å². The normalized spacial score (nSPS) is 12.9. The molecule has 1 unspecified atom stereocenters. The topological polar surface area (TPSA) is 43.8 Å². The molecule has 0 aliphatic heterocycles. The van der Waals surface area contributed by atoms with Crippen molar-refractivity contribution in [1.82, 2.24) is 9.78 Å². The Hall–Kier alpha value is -1.13. The van der Waals surface area contributed by atoms with E-state index in [2.05, 4.69) is 22.6 Å². The molecule has 0 saturated carbocycles. The predicted molar refractivity (Wildman–Crippen MR) is 67.4 cm³/mol. The second-order valence-electron chi connectivity index (χ2n) is 3.96. The lowest BCUT2D eigenvalue weighted by molar-refractivity contribution is 0.561. The summed E-state index contributed by atoms with van der Waals surface area (Å²) in [5.41, 5.74) is 7.24. The number of nitrogens with zero attached hydrogens (tertiary/aromatic N) is 2. The monoisotopic (exact) mass is 235 g/mol. The molecular formula is C12H17N3S. The van der Waals surface area contributed by atoms with Crippen LogP contribution in [-0.2, 0) is 13.5 Å². The number of nitrogens with two attached hydrogens (primary N) is 1. The maximum atomic E-state index is 6.12. The second-order valence-corrected chi connectivity index (χ2v) is 4.99. The van der Waals surface area contributed by atoms with Crippen LogP contribution in [0.5, 0.6) is 0 Å². The molecule has 16 heavy (non-hydrogen) atoms. The molecule has 2 rings (SSSR count). The van der Waals surface area contributed by atoms with Crippen LogP contribution in [0.3, 0.4) is 0 Å². The second kappa shape index (κ2) is 5.27. The summed E-state index contributed by atoms with van der Waals surface area (Å²) in [7, 11) is 1.94. The van der Waals surface area contributed by atoms with Crippen molar-refractivity contribution in [3.63, 3.8) is 0 Å². The van der Waals surface area contributed by atoms with Gasteiger partial charge in [-0.1, -0.05) is 6.07 Å². The van der Waals surface area contributed by atoms with Crippen LogP contribution in [0.15, 0.2) is 29.8 Å². The zero-order chi connectivity index (χ0) is 11.4. The molecule has 2 aromatic rings. The highest BCUT2D eigenvalue weighted by Gasteiger charge is 2.09. The number of aryl methyl sites for hydroxylation is 2. The molecule has 2 heterocycles. The third-order valence-electron chi connectivity index (χ3n) is 2.76. The Morgan fingerprint density at radius 2 is 2.38 bits per heavy atom. The fraction of sp³-hybridized carbons (Fsp3) is 0.417. The van der Waals surface area contributed by atoms with Crippen LogP contribution >= 0.6 is 11.3 Å². The SMILES string of the molecule is Cn1nccc1C(N)CCCc1cccs1. The summed E-state index contributed by atoms with van der Waals surface area (Å²) >= 11 is 1.82. The molecular weight excluding hydrogens is 218 g/mol. The lowest BCUT2D eigenvalue weighted by Crippen LogP contribution is -2.14. The molecule has 3 nitrogen and oxygen atoms in total. The molecule has 0 aliphatic carbocycles. The smallest absolute Gasteiger partial charge is 0.0548 e. The van der Waals surface area contributed by atoms with Gasteiger partial charge in [0, 0.05) is 24.2 Å². The molecule has 2 N–H and O–H groups in total. The molecule has 0 saturated heterocycles. The van der Waals surface area contributed by atoms with Gasteiger partial charge in [-0.3, -0.25) is 4.68 Å². The van der Waals surface area contributed by atoms with E-state index in [1.54, 1.807) is 6.20 Å². The summed E-state index contributed by atoms with van der Waals surface area (Å²) in [6, 6.07) is 6.38. The van der Waals surface area contributed by atoms with Crippen LogP contribution < -0.4 is 5.73 Å². The van der Waals surface area contributed by atoms with Crippen LogP contribution in [0.4, 0.5) is 0 Å². The van der Waals surface area contributed by atoms with Gasteiger partial charge in [-0.05, 0) is 36.8 Å². The zero-order valence-electron chi connectivity index (χ0n) is 9.47. The minimum Gasteiger partial charge on any atom is -0.323 e. The highest BCUT2D eigenvalue weighted by atomic mass is 32.1. The third-order valence-corrected chi connectivity index (χ3v) is 3.69. The van der Waals surface area contributed by atoms with Gasteiger partial charge < -0.3 is 5.73 Å². The molecule has 86 valence electrons. The molecule has 0 bridgehead atoms.